The highest BCUT2D eigenvalue weighted by Gasteiger charge is 2.26. The minimum Gasteiger partial charge on any atom is -0.490 e. The van der Waals surface area contributed by atoms with Crippen molar-refractivity contribution in [3.05, 3.63) is 29.8 Å². The molecular formula is C21H34N2O3. The van der Waals surface area contributed by atoms with Crippen LogP contribution in [-0.4, -0.2) is 56.8 Å². The summed E-state index contributed by atoms with van der Waals surface area (Å²) in [5, 5.41) is 3.13. The lowest BCUT2D eigenvalue weighted by atomic mass is 9.94. The molecule has 0 aliphatic carbocycles. The number of amides is 1. The third-order valence-corrected chi connectivity index (χ3v) is 5.21. The summed E-state index contributed by atoms with van der Waals surface area (Å²) in [5.74, 6) is 1.84. The zero-order valence-corrected chi connectivity index (χ0v) is 16.7. The lowest BCUT2D eigenvalue weighted by Crippen LogP contribution is -2.49. The van der Waals surface area contributed by atoms with Gasteiger partial charge in [0, 0.05) is 19.7 Å². The number of carbonyl (C=O) groups is 1. The van der Waals surface area contributed by atoms with E-state index in [-0.39, 0.29) is 5.91 Å². The quantitative estimate of drug-likeness (QED) is 0.686. The predicted molar refractivity (Wildman–Crippen MR) is 105 cm³/mol. The van der Waals surface area contributed by atoms with Crippen molar-refractivity contribution in [1.29, 1.82) is 0 Å². The van der Waals surface area contributed by atoms with E-state index in [2.05, 4.69) is 31.0 Å². The van der Waals surface area contributed by atoms with Crippen molar-refractivity contribution >= 4 is 5.91 Å². The second kappa shape index (κ2) is 10.5. The number of likely N-dealkylation sites (tertiary alicyclic amines) is 1. The van der Waals surface area contributed by atoms with Crippen molar-refractivity contribution in [1.82, 2.24) is 10.2 Å². The lowest BCUT2D eigenvalue weighted by molar-refractivity contribution is 0.0857. The summed E-state index contributed by atoms with van der Waals surface area (Å²) in [6.45, 7) is 10.6. The number of nitrogens with zero attached hydrogens (tertiary/aromatic N) is 1. The fourth-order valence-corrected chi connectivity index (χ4v) is 3.45. The van der Waals surface area contributed by atoms with Gasteiger partial charge in [-0.1, -0.05) is 32.9 Å². The minimum absolute atomic E-state index is 0.0750. The van der Waals surface area contributed by atoms with Crippen LogP contribution in [0.25, 0.3) is 0 Å². The van der Waals surface area contributed by atoms with E-state index in [4.69, 9.17) is 9.47 Å². The molecule has 2 rings (SSSR count). The Morgan fingerprint density at radius 2 is 1.92 bits per heavy atom. The summed E-state index contributed by atoms with van der Waals surface area (Å²) in [7, 11) is 1.63. The Morgan fingerprint density at radius 1 is 1.23 bits per heavy atom. The number of methoxy groups -OCH3 is 1. The molecule has 5 nitrogen and oxygen atoms in total. The number of nitrogens with one attached hydrogen (secondary N) is 1. The van der Waals surface area contributed by atoms with E-state index in [0.29, 0.717) is 43.0 Å². The normalized spacial score (nSPS) is 17.3. The molecule has 26 heavy (non-hydrogen) atoms. The Bertz CT molecular complexity index is 554. The van der Waals surface area contributed by atoms with Gasteiger partial charge in [0.1, 0.15) is 12.4 Å². The molecule has 1 atom stereocenters. The molecule has 1 aromatic rings. The molecule has 1 aliphatic heterocycles. The van der Waals surface area contributed by atoms with Crippen LogP contribution in [0.4, 0.5) is 0 Å². The third kappa shape index (κ3) is 5.99. The maximum Gasteiger partial charge on any atom is 0.255 e. The van der Waals surface area contributed by atoms with Crippen molar-refractivity contribution in [3.8, 4) is 5.75 Å². The van der Waals surface area contributed by atoms with Gasteiger partial charge in [-0.25, -0.2) is 0 Å². The Labute approximate surface area is 158 Å². The Hall–Kier alpha value is -1.59. The molecule has 146 valence electrons. The van der Waals surface area contributed by atoms with Gasteiger partial charge in [-0.2, -0.15) is 0 Å². The summed E-state index contributed by atoms with van der Waals surface area (Å²) >= 11 is 0. The van der Waals surface area contributed by atoms with E-state index >= 15 is 0 Å². The minimum atomic E-state index is -0.0750. The number of benzene rings is 1. The van der Waals surface area contributed by atoms with Gasteiger partial charge in [-0.3, -0.25) is 9.69 Å². The number of carbonyl (C=O) groups excluding carboxylic acids is 1. The Morgan fingerprint density at radius 3 is 2.58 bits per heavy atom. The van der Waals surface area contributed by atoms with E-state index in [1.165, 1.54) is 12.8 Å². The van der Waals surface area contributed by atoms with Crippen molar-refractivity contribution in [2.75, 3.05) is 40.0 Å². The molecule has 1 aromatic carbocycles. The molecule has 0 radical (unpaired) electrons. The van der Waals surface area contributed by atoms with Crippen LogP contribution in [0, 0.1) is 11.8 Å². The average Bonchev–Trinajstić information content (AvgIpc) is 2.63. The standard InChI is InChI=1S/C21H34N2O3/c1-16(2)19(23-11-9-17(3)10-12-23)15-22-21(24)18-7-5-6-8-20(18)26-14-13-25-4/h5-8,16-17,19H,9-15H2,1-4H3,(H,22,24)/t19-/m1/s1. The van der Waals surface area contributed by atoms with Gasteiger partial charge < -0.3 is 14.8 Å². The van der Waals surface area contributed by atoms with Gasteiger partial charge in [0.2, 0.25) is 0 Å². The van der Waals surface area contributed by atoms with Gasteiger partial charge in [0.25, 0.3) is 5.91 Å². The van der Waals surface area contributed by atoms with Crippen LogP contribution in [0.15, 0.2) is 24.3 Å². The first-order valence-corrected chi connectivity index (χ1v) is 9.76. The summed E-state index contributed by atoms with van der Waals surface area (Å²) in [6, 6.07) is 7.75. The molecule has 1 N–H and O–H groups in total. The fourth-order valence-electron chi connectivity index (χ4n) is 3.45. The maximum absolute atomic E-state index is 12.7. The topological polar surface area (TPSA) is 50.8 Å². The van der Waals surface area contributed by atoms with Crippen molar-refractivity contribution < 1.29 is 14.3 Å². The number of hydrogen-bond donors (Lipinski definition) is 1. The number of hydrogen-bond acceptors (Lipinski definition) is 4. The number of para-hydroxylation sites is 1. The number of rotatable bonds is 9. The molecule has 1 saturated heterocycles. The second-order valence-electron chi connectivity index (χ2n) is 7.58. The first kappa shape index (κ1) is 20.7. The molecule has 5 heteroatoms. The molecule has 0 saturated carbocycles. The molecule has 0 aromatic heterocycles. The molecule has 0 bridgehead atoms. The predicted octanol–water partition coefficient (Wildman–Crippen LogP) is 3.20. The number of piperidine rings is 1. The first-order chi connectivity index (χ1) is 12.5. The van der Waals surface area contributed by atoms with Crippen LogP contribution in [0.3, 0.4) is 0 Å². The fraction of sp³-hybridized carbons (Fsp3) is 0.667. The second-order valence-corrected chi connectivity index (χ2v) is 7.58. The summed E-state index contributed by atoms with van der Waals surface area (Å²) in [5.41, 5.74) is 0.582. The molecule has 0 unspecified atom stereocenters. The van der Waals surface area contributed by atoms with Gasteiger partial charge in [-0.05, 0) is 49.9 Å². The van der Waals surface area contributed by atoms with Crippen LogP contribution < -0.4 is 10.1 Å². The zero-order chi connectivity index (χ0) is 18.9. The number of ether oxygens (including phenoxy) is 2. The SMILES string of the molecule is COCCOc1ccccc1C(=O)NC[C@H](C(C)C)N1CCC(C)CC1. The average molecular weight is 363 g/mol. The lowest BCUT2D eigenvalue weighted by Gasteiger charge is -2.38. The van der Waals surface area contributed by atoms with Gasteiger partial charge in [0.05, 0.1) is 12.2 Å². The van der Waals surface area contributed by atoms with Gasteiger partial charge >= 0.3 is 0 Å². The van der Waals surface area contributed by atoms with Gasteiger partial charge in [-0.15, -0.1) is 0 Å². The molecule has 1 amide bonds. The maximum atomic E-state index is 12.7. The van der Waals surface area contributed by atoms with Crippen LogP contribution in [0.5, 0.6) is 5.75 Å². The summed E-state index contributed by atoms with van der Waals surface area (Å²) < 4.78 is 10.7. The largest absolute Gasteiger partial charge is 0.490 e. The molecule has 1 fully saturated rings. The van der Waals surface area contributed by atoms with Crippen LogP contribution >= 0.6 is 0 Å². The summed E-state index contributed by atoms with van der Waals surface area (Å²) in [4.78, 5) is 15.3. The summed E-state index contributed by atoms with van der Waals surface area (Å²) in [6.07, 6.45) is 2.49. The highest BCUT2D eigenvalue weighted by molar-refractivity contribution is 5.96. The smallest absolute Gasteiger partial charge is 0.255 e. The molecule has 0 spiro atoms. The van der Waals surface area contributed by atoms with Crippen LogP contribution in [0.2, 0.25) is 0 Å². The Kier molecular flexibility index (Phi) is 8.39. The highest BCUT2D eigenvalue weighted by atomic mass is 16.5. The van der Waals surface area contributed by atoms with E-state index in [0.717, 1.165) is 19.0 Å². The van der Waals surface area contributed by atoms with Crippen LogP contribution in [0.1, 0.15) is 44.0 Å². The van der Waals surface area contributed by atoms with E-state index in [1.54, 1.807) is 7.11 Å². The van der Waals surface area contributed by atoms with Crippen molar-refractivity contribution in [2.45, 2.75) is 39.7 Å². The van der Waals surface area contributed by atoms with E-state index < -0.39 is 0 Å². The van der Waals surface area contributed by atoms with Crippen molar-refractivity contribution in [3.63, 3.8) is 0 Å². The zero-order valence-electron chi connectivity index (χ0n) is 16.7. The monoisotopic (exact) mass is 362 g/mol. The van der Waals surface area contributed by atoms with Crippen molar-refractivity contribution in [2.24, 2.45) is 11.8 Å². The molecule has 1 aliphatic rings. The van der Waals surface area contributed by atoms with E-state index in [1.807, 2.05) is 24.3 Å². The highest BCUT2D eigenvalue weighted by Crippen LogP contribution is 2.22. The first-order valence-electron chi connectivity index (χ1n) is 9.76. The molecular weight excluding hydrogens is 328 g/mol. The van der Waals surface area contributed by atoms with Crippen LogP contribution in [-0.2, 0) is 4.74 Å². The molecule has 1 heterocycles. The third-order valence-electron chi connectivity index (χ3n) is 5.21. The van der Waals surface area contributed by atoms with E-state index in [9.17, 15) is 4.79 Å². The Balaban J connectivity index is 1.95. The van der Waals surface area contributed by atoms with Gasteiger partial charge in [0.15, 0.2) is 0 Å².